The van der Waals surface area contributed by atoms with Crippen molar-refractivity contribution < 1.29 is 4.79 Å². The second kappa shape index (κ2) is 7.59. The number of benzene rings is 1. The molecule has 1 heterocycles. The van der Waals surface area contributed by atoms with Gasteiger partial charge in [0.25, 0.3) is 0 Å². The van der Waals surface area contributed by atoms with E-state index in [2.05, 4.69) is 36.4 Å². The van der Waals surface area contributed by atoms with Gasteiger partial charge < -0.3 is 0 Å². The van der Waals surface area contributed by atoms with Crippen molar-refractivity contribution in [2.45, 2.75) is 33.6 Å². The fourth-order valence-corrected chi connectivity index (χ4v) is 2.22. The molecule has 0 saturated heterocycles. The van der Waals surface area contributed by atoms with Crippen molar-refractivity contribution in [2.24, 2.45) is 5.92 Å². The maximum Gasteiger partial charge on any atom is 0.245 e. The van der Waals surface area contributed by atoms with Crippen LogP contribution in [0.2, 0.25) is 0 Å². The molecule has 0 fully saturated rings. The van der Waals surface area contributed by atoms with Crippen molar-refractivity contribution in [3.8, 4) is 0 Å². The van der Waals surface area contributed by atoms with Crippen LogP contribution in [0.1, 0.15) is 32.8 Å². The van der Waals surface area contributed by atoms with Gasteiger partial charge in [-0.2, -0.15) is 0 Å². The molecule has 116 valence electrons. The number of hydrogen-bond donors (Lipinski definition) is 1. The van der Waals surface area contributed by atoms with Crippen molar-refractivity contribution in [2.75, 3.05) is 10.4 Å². The first-order valence-corrected chi connectivity index (χ1v) is 7.69. The summed E-state index contributed by atoms with van der Waals surface area (Å²) in [5.74, 6) is 1.27. The number of rotatable bonds is 6. The molecule has 0 aliphatic heterocycles. The van der Waals surface area contributed by atoms with Gasteiger partial charge in [0.1, 0.15) is 5.82 Å². The first-order valence-electron chi connectivity index (χ1n) is 7.69. The average molecular weight is 297 g/mol. The van der Waals surface area contributed by atoms with Crippen LogP contribution in [0.5, 0.6) is 0 Å². The van der Waals surface area contributed by atoms with Gasteiger partial charge in [-0.05, 0) is 42.2 Å². The Labute approximate surface area is 132 Å². The molecule has 0 aliphatic rings. The lowest BCUT2D eigenvalue weighted by Gasteiger charge is -2.23. The van der Waals surface area contributed by atoms with Crippen molar-refractivity contribution in [3.05, 3.63) is 54.2 Å². The Bertz CT molecular complexity index is 593. The molecular weight excluding hydrogens is 274 g/mol. The predicted molar refractivity (Wildman–Crippen MR) is 90.6 cm³/mol. The number of amides is 1. The Morgan fingerprint density at radius 1 is 1.18 bits per heavy atom. The van der Waals surface area contributed by atoms with Crippen molar-refractivity contribution >= 4 is 17.4 Å². The molecule has 1 N–H and O–H groups in total. The molecule has 0 spiro atoms. The first-order chi connectivity index (χ1) is 10.6. The highest BCUT2D eigenvalue weighted by atomic mass is 16.2. The molecule has 0 aliphatic carbocycles. The molecule has 0 bridgehead atoms. The minimum atomic E-state index is 0.00210. The van der Waals surface area contributed by atoms with E-state index in [1.54, 1.807) is 11.2 Å². The van der Waals surface area contributed by atoms with Crippen LogP contribution in [-0.2, 0) is 11.2 Å². The maximum atomic E-state index is 12.2. The molecule has 22 heavy (non-hydrogen) atoms. The van der Waals surface area contributed by atoms with E-state index in [-0.39, 0.29) is 5.91 Å². The summed E-state index contributed by atoms with van der Waals surface area (Å²) in [5, 5.41) is 1.56. The Kier molecular flexibility index (Phi) is 5.53. The van der Waals surface area contributed by atoms with Crippen LogP contribution in [0.25, 0.3) is 0 Å². The van der Waals surface area contributed by atoms with E-state index in [4.69, 9.17) is 0 Å². The molecule has 2 aromatic rings. The maximum absolute atomic E-state index is 12.2. The molecule has 1 aromatic carbocycles. The van der Waals surface area contributed by atoms with Gasteiger partial charge in [-0.25, -0.2) is 9.99 Å². The number of hydrogen-bond acceptors (Lipinski definition) is 3. The fourth-order valence-electron chi connectivity index (χ4n) is 2.22. The van der Waals surface area contributed by atoms with E-state index < -0.39 is 0 Å². The molecule has 0 saturated carbocycles. The normalized spacial score (nSPS) is 10.5. The number of nitrogens with one attached hydrogen (secondary N) is 1. The second-order valence-corrected chi connectivity index (χ2v) is 5.67. The quantitative estimate of drug-likeness (QED) is 0.818. The van der Waals surface area contributed by atoms with Crippen LogP contribution in [0.4, 0.5) is 11.5 Å². The van der Waals surface area contributed by atoms with Crippen LogP contribution in [-0.4, -0.2) is 10.9 Å². The second-order valence-electron chi connectivity index (χ2n) is 5.67. The number of carbonyl (C=O) groups is 1. The van der Waals surface area contributed by atoms with Crippen LogP contribution in [0.3, 0.4) is 0 Å². The van der Waals surface area contributed by atoms with E-state index in [0.29, 0.717) is 18.2 Å². The van der Waals surface area contributed by atoms with E-state index >= 15 is 0 Å². The highest BCUT2D eigenvalue weighted by Crippen LogP contribution is 2.19. The third-order valence-electron chi connectivity index (χ3n) is 3.28. The highest BCUT2D eigenvalue weighted by Gasteiger charge is 2.14. The fraction of sp³-hybridized carbons (Fsp3) is 0.333. The SMILES string of the molecule is CCC(=O)N(Nc1ccccn1)c1ccc(CC(C)C)cc1. The molecule has 4 heteroatoms. The largest absolute Gasteiger partial charge is 0.275 e. The lowest BCUT2D eigenvalue weighted by molar-refractivity contribution is -0.118. The van der Waals surface area contributed by atoms with Gasteiger partial charge in [-0.1, -0.05) is 39.0 Å². The number of nitrogens with zero attached hydrogens (tertiary/aromatic N) is 2. The van der Waals surface area contributed by atoms with Crippen molar-refractivity contribution in [1.29, 1.82) is 0 Å². The number of anilines is 2. The first kappa shape index (κ1) is 16.0. The zero-order chi connectivity index (χ0) is 15.9. The zero-order valence-corrected chi connectivity index (χ0v) is 13.4. The van der Waals surface area contributed by atoms with Gasteiger partial charge in [0.2, 0.25) is 5.91 Å². The molecule has 0 unspecified atom stereocenters. The Hall–Kier alpha value is -2.36. The number of pyridine rings is 1. The summed E-state index contributed by atoms with van der Waals surface area (Å²) < 4.78 is 0. The average Bonchev–Trinajstić information content (AvgIpc) is 2.53. The summed E-state index contributed by atoms with van der Waals surface area (Å²) in [6.07, 6.45) is 3.16. The zero-order valence-electron chi connectivity index (χ0n) is 13.4. The minimum Gasteiger partial charge on any atom is -0.275 e. The Morgan fingerprint density at radius 3 is 2.45 bits per heavy atom. The summed E-state index contributed by atoms with van der Waals surface area (Å²) >= 11 is 0. The van der Waals surface area contributed by atoms with Crippen molar-refractivity contribution in [3.63, 3.8) is 0 Å². The van der Waals surface area contributed by atoms with Gasteiger partial charge in [-0.3, -0.25) is 10.2 Å². The van der Waals surface area contributed by atoms with E-state index in [9.17, 15) is 4.79 Å². The summed E-state index contributed by atoms with van der Waals surface area (Å²) in [4.78, 5) is 16.4. The Balaban J connectivity index is 2.20. The standard InChI is InChI=1S/C18H23N3O/c1-4-18(22)21(20-17-7-5-6-12-19-17)16-10-8-15(9-11-16)13-14(2)3/h5-12,14H,4,13H2,1-3H3,(H,19,20). The van der Waals surface area contributed by atoms with Gasteiger partial charge in [0.15, 0.2) is 0 Å². The molecule has 1 amide bonds. The summed E-state index contributed by atoms with van der Waals surface area (Å²) in [5.41, 5.74) is 5.18. The lowest BCUT2D eigenvalue weighted by atomic mass is 10.0. The topological polar surface area (TPSA) is 45.2 Å². The van der Waals surface area contributed by atoms with Crippen molar-refractivity contribution in [1.82, 2.24) is 4.98 Å². The van der Waals surface area contributed by atoms with Gasteiger partial charge >= 0.3 is 0 Å². The van der Waals surface area contributed by atoms with Gasteiger partial charge in [-0.15, -0.1) is 0 Å². The number of aromatic nitrogens is 1. The minimum absolute atomic E-state index is 0.00210. The smallest absolute Gasteiger partial charge is 0.245 e. The van der Waals surface area contributed by atoms with E-state index in [1.165, 1.54) is 5.56 Å². The molecule has 4 nitrogen and oxygen atoms in total. The molecule has 0 radical (unpaired) electrons. The summed E-state index contributed by atoms with van der Waals surface area (Å²) in [7, 11) is 0. The third kappa shape index (κ3) is 4.32. The lowest BCUT2D eigenvalue weighted by Crippen LogP contribution is -2.36. The molecule has 0 atom stereocenters. The molecule has 2 rings (SSSR count). The van der Waals surface area contributed by atoms with Crippen LogP contribution >= 0.6 is 0 Å². The summed E-state index contributed by atoms with van der Waals surface area (Å²) in [6.45, 7) is 6.25. The predicted octanol–water partition coefficient (Wildman–Crippen LogP) is 4.05. The molecule has 1 aromatic heterocycles. The third-order valence-corrected chi connectivity index (χ3v) is 3.28. The van der Waals surface area contributed by atoms with Gasteiger partial charge in [0.05, 0.1) is 5.69 Å². The highest BCUT2D eigenvalue weighted by molar-refractivity contribution is 5.94. The van der Waals surface area contributed by atoms with Crippen LogP contribution in [0, 0.1) is 5.92 Å². The van der Waals surface area contributed by atoms with Gasteiger partial charge in [0, 0.05) is 12.6 Å². The van der Waals surface area contributed by atoms with Crippen LogP contribution in [0.15, 0.2) is 48.7 Å². The number of carbonyl (C=O) groups excluding carboxylic acids is 1. The van der Waals surface area contributed by atoms with Crippen LogP contribution < -0.4 is 10.4 Å². The monoisotopic (exact) mass is 297 g/mol. The molecular formula is C18H23N3O. The van der Waals surface area contributed by atoms with E-state index in [1.807, 2.05) is 37.3 Å². The Morgan fingerprint density at radius 2 is 1.91 bits per heavy atom. The summed E-state index contributed by atoms with van der Waals surface area (Å²) in [6, 6.07) is 13.7. The van der Waals surface area contributed by atoms with E-state index in [0.717, 1.165) is 12.1 Å². The number of hydrazine groups is 1.